The monoisotopic (exact) mass is 860 g/mol. The van der Waals surface area contributed by atoms with Crippen LogP contribution in [0.5, 0.6) is 0 Å². The Bertz CT molecular complexity index is 2250. The van der Waals surface area contributed by atoms with Crippen molar-refractivity contribution in [2.24, 2.45) is 5.92 Å². The second kappa shape index (κ2) is 16.1. The van der Waals surface area contributed by atoms with E-state index in [9.17, 15) is 36.3 Å². The number of hydrogen-bond acceptors (Lipinski definition) is 11. The van der Waals surface area contributed by atoms with Gasteiger partial charge >= 0.3 is 6.18 Å². The minimum atomic E-state index is -4.77. The Balaban J connectivity index is 0.850. The first kappa shape index (κ1) is 42.2. The standard InChI is InChI=1S/C41H49F5N8O5S/c1-39(57)12-2-15-53(24-39)36-31(41(44,45)46)22-47-38(50-36)48-34-7-4-28(20-33(34)43)60(58,59)51-26-11-18-54(40(21-26)13-14-40)23-25-9-16-52(17-10-25)27-3-5-29(32(42)19-27)30-6-8-35(55)49-37(30)56/h3-5,7,19-20,22,25-26,30,51,57H,2,6,8-18,21,23-24H2,1H3,(H,47,48,50)(H,49,55,56)/t26?,30?,39-/m0/s1. The molecule has 1 aliphatic carbocycles. The molecular formula is C41H49F5N8O5S. The SMILES string of the molecule is C[C@]1(O)CCCN(c2nc(Nc3ccc(S(=O)(=O)NC4CCN(CC5CCN(c6ccc(C7CCC(=O)NC7=O)c(F)c6)CC5)C5(CC5)C4)cc3F)ncc2C(F)(F)F)C1. The molecule has 1 saturated carbocycles. The van der Waals surface area contributed by atoms with E-state index in [2.05, 4.69) is 35.1 Å². The summed E-state index contributed by atoms with van der Waals surface area (Å²) < 4.78 is 102. The van der Waals surface area contributed by atoms with Crippen molar-refractivity contribution in [1.29, 1.82) is 0 Å². The zero-order valence-electron chi connectivity index (χ0n) is 33.2. The molecule has 4 N–H and O–H groups in total. The van der Waals surface area contributed by atoms with Crippen LogP contribution in [0.15, 0.2) is 47.5 Å². The van der Waals surface area contributed by atoms with E-state index in [0.717, 1.165) is 57.1 Å². The number of carbonyl (C=O) groups is 2. The van der Waals surface area contributed by atoms with Crippen molar-refractivity contribution in [3.05, 3.63) is 65.4 Å². The van der Waals surface area contributed by atoms with Crippen molar-refractivity contribution >= 4 is 45.0 Å². The molecule has 324 valence electrons. The third kappa shape index (κ3) is 9.09. The summed E-state index contributed by atoms with van der Waals surface area (Å²) in [6.45, 7) is 4.74. The minimum Gasteiger partial charge on any atom is -0.388 e. The lowest BCUT2D eigenvalue weighted by atomic mass is 9.89. The number of sulfonamides is 1. The lowest BCUT2D eigenvalue weighted by Crippen LogP contribution is -2.53. The second-order valence-electron chi connectivity index (χ2n) is 17.3. The van der Waals surface area contributed by atoms with Crippen LogP contribution in [0.3, 0.4) is 0 Å². The van der Waals surface area contributed by atoms with Gasteiger partial charge in [-0.05, 0) is 101 Å². The number of alkyl halides is 3. The zero-order chi connectivity index (χ0) is 42.6. The van der Waals surface area contributed by atoms with E-state index < -0.39 is 56.6 Å². The van der Waals surface area contributed by atoms with Crippen LogP contribution in [0.25, 0.3) is 0 Å². The highest BCUT2D eigenvalue weighted by atomic mass is 32.2. The van der Waals surface area contributed by atoms with E-state index >= 15 is 8.78 Å². The van der Waals surface area contributed by atoms with Crippen LogP contribution in [0.1, 0.15) is 88.2 Å². The number of nitrogens with one attached hydrogen (secondary N) is 3. The van der Waals surface area contributed by atoms with Gasteiger partial charge in [-0.2, -0.15) is 18.2 Å². The summed E-state index contributed by atoms with van der Waals surface area (Å²) >= 11 is 0. The molecule has 5 aliphatic rings. The number of aliphatic hydroxyl groups is 1. The number of amides is 2. The van der Waals surface area contributed by atoms with E-state index in [1.165, 1.54) is 30.0 Å². The Morgan fingerprint density at radius 3 is 2.38 bits per heavy atom. The van der Waals surface area contributed by atoms with E-state index in [4.69, 9.17) is 0 Å². The average Bonchev–Trinajstić information content (AvgIpc) is 3.95. The Kier molecular flexibility index (Phi) is 11.3. The van der Waals surface area contributed by atoms with Gasteiger partial charge in [-0.1, -0.05) is 6.07 Å². The van der Waals surface area contributed by atoms with Gasteiger partial charge in [0.25, 0.3) is 0 Å². The largest absolute Gasteiger partial charge is 0.421 e. The molecule has 0 radical (unpaired) electrons. The Morgan fingerprint density at radius 1 is 0.950 bits per heavy atom. The quantitative estimate of drug-likeness (QED) is 0.149. The van der Waals surface area contributed by atoms with Crippen molar-refractivity contribution in [2.45, 2.75) is 105 Å². The van der Waals surface area contributed by atoms with Crippen LogP contribution in [0.4, 0.5) is 45.1 Å². The summed E-state index contributed by atoms with van der Waals surface area (Å²) in [5.74, 6) is -3.26. The van der Waals surface area contributed by atoms with Gasteiger partial charge in [0.1, 0.15) is 23.0 Å². The lowest BCUT2D eigenvalue weighted by Gasteiger charge is -2.43. The third-order valence-electron chi connectivity index (χ3n) is 12.8. The van der Waals surface area contributed by atoms with Crippen LogP contribution in [-0.4, -0.2) is 96.7 Å². The first-order chi connectivity index (χ1) is 28.4. The summed E-state index contributed by atoms with van der Waals surface area (Å²) in [5.41, 5.74) is -1.59. The first-order valence-corrected chi connectivity index (χ1v) is 22.0. The van der Waals surface area contributed by atoms with Gasteiger partial charge in [-0.25, -0.2) is 26.9 Å². The minimum absolute atomic E-state index is 0.0842. The molecule has 3 atom stereocenters. The normalized spacial score (nSPS) is 25.4. The number of imide groups is 1. The average molecular weight is 861 g/mol. The molecule has 60 heavy (non-hydrogen) atoms. The van der Waals surface area contributed by atoms with Crippen molar-refractivity contribution < 1.29 is 45.1 Å². The van der Waals surface area contributed by atoms with E-state index in [1.54, 1.807) is 6.07 Å². The number of halogens is 5. The lowest BCUT2D eigenvalue weighted by molar-refractivity contribution is -0.138. The summed E-state index contributed by atoms with van der Waals surface area (Å²) in [7, 11) is -4.13. The molecule has 19 heteroatoms. The fourth-order valence-electron chi connectivity index (χ4n) is 9.41. The summed E-state index contributed by atoms with van der Waals surface area (Å²) in [6, 6.07) is 7.86. The van der Waals surface area contributed by atoms with Gasteiger partial charge < -0.3 is 20.2 Å². The number of hydrogen-bond donors (Lipinski definition) is 4. The summed E-state index contributed by atoms with van der Waals surface area (Å²) in [4.78, 5) is 37.3. The molecule has 2 aromatic carbocycles. The van der Waals surface area contributed by atoms with Gasteiger partial charge in [-0.15, -0.1) is 0 Å². The van der Waals surface area contributed by atoms with Crippen molar-refractivity contribution in [3.8, 4) is 0 Å². The number of benzene rings is 2. The number of carbonyl (C=O) groups excluding carboxylic acids is 2. The maximum absolute atomic E-state index is 15.4. The van der Waals surface area contributed by atoms with Gasteiger partial charge in [-0.3, -0.25) is 19.8 Å². The molecule has 0 bridgehead atoms. The molecule has 2 unspecified atom stereocenters. The van der Waals surface area contributed by atoms with Crippen LogP contribution < -0.4 is 25.2 Å². The number of anilines is 4. The van der Waals surface area contributed by atoms with Crippen molar-refractivity contribution in [2.75, 3.05) is 54.4 Å². The number of aromatic nitrogens is 2. The highest BCUT2D eigenvalue weighted by Gasteiger charge is 2.52. The van der Waals surface area contributed by atoms with Crippen LogP contribution in [-0.2, 0) is 25.8 Å². The third-order valence-corrected chi connectivity index (χ3v) is 14.3. The maximum atomic E-state index is 15.4. The Morgan fingerprint density at radius 2 is 1.72 bits per heavy atom. The molecule has 5 fully saturated rings. The molecule has 2 amide bonds. The maximum Gasteiger partial charge on any atom is 0.421 e. The zero-order valence-corrected chi connectivity index (χ0v) is 34.0. The van der Waals surface area contributed by atoms with E-state index in [-0.39, 0.29) is 60.0 Å². The Labute approximate surface area is 345 Å². The van der Waals surface area contributed by atoms with Crippen LogP contribution in [0.2, 0.25) is 0 Å². The molecule has 1 aromatic heterocycles. The topological polar surface area (TPSA) is 160 Å². The first-order valence-electron chi connectivity index (χ1n) is 20.5. The van der Waals surface area contributed by atoms with Crippen molar-refractivity contribution in [3.63, 3.8) is 0 Å². The van der Waals surface area contributed by atoms with Gasteiger partial charge in [0.15, 0.2) is 0 Å². The van der Waals surface area contributed by atoms with Gasteiger partial charge in [0.2, 0.25) is 27.8 Å². The van der Waals surface area contributed by atoms with Gasteiger partial charge in [0.05, 0.1) is 22.1 Å². The van der Waals surface area contributed by atoms with Crippen molar-refractivity contribution in [1.82, 2.24) is 24.9 Å². The second-order valence-corrected chi connectivity index (χ2v) is 19.1. The number of piperidine rings is 4. The Hall–Kier alpha value is -4.46. The number of nitrogens with zero attached hydrogens (tertiary/aromatic N) is 5. The molecule has 4 aliphatic heterocycles. The number of likely N-dealkylation sites (tertiary alicyclic amines) is 1. The molecule has 8 rings (SSSR count). The van der Waals surface area contributed by atoms with E-state index in [0.29, 0.717) is 49.9 Å². The molecule has 5 heterocycles. The predicted octanol–water partition coefficient (Wildman–Crippen LogP) is 5.58. The fraction of sp³-hybridized carbons (Fsp3) is 0.561. The smallest absolute Gasteiger partial charge is 0.388 e. The highest BCUT2D eigenvalue weighted by Crippen LogP contribution is 2.49. The van der Waals surface area contributed by atoms with E-state index in [1.807, 2.05) is 6.07 Å². The summed E-state index contributed by atoms with van der Waals surface area (Å²) in [5, 5.41) is 15.4. The van der Waals surface area contributed by atoms with Crippen LogP contribution in [0, 0.1) is 17.6 Å². The molecule has 13 nitrogen and oxygen atoms in total. The highest BCUT2D eigenvalue weighted by molar-refractivity contribution is 7.89. The molecule has 3 aromatic rings. The number of rotatable bonds is 10. The number of β-amino-alcohol motifs (C(OH)–C–C–N with tert-alkyl or cyclic N) is 1. The molecule has 1 spiro atoms. The van der Waals surface area contributed by atoms with Crippen LogP contribution >= 0.6 is 0 Å². The predicted molar refractivity (Wildman–Crippen MR) is 212 cm³/mol. The summed E-state index contributed by atoms with van der Waals surface area (Å²) in [6.07, 6.45) is 2.05. The fourth-order valence-corrected chi connectivity index (χ4v) is 10.7. The van der Waals surface area contributed by atoms with Gasteiger partial charge in [0, 0.05) is 74.7 Å². The molecule has 4 saturated heterocycles. The molecular weight excluding hydrogens is 812 g/mol.